The second-order valence-corrected chi connectivity index (χ2v) is 5.71. The summed E-state index contributed by atoms with van der Waals surface area (Å²) in [5.41, 5.74) is -0.337. The summed E-state index contributed by atoms with van der Waals surface area (Å²) in [4.78, 5) is 35.0. The second-order valence-electron chi connectivity index (χ2n) is 3.25. The highest BCUT2D eigenvalue weighted by Gasteiger charge is 2.40. The second kappa shape index (κ2) is 5.03. The predicted molar refractivity (Wildman–Crippen MR) is 66.7 cm³/mol. The highest BCUT2D eigenvalue weighted by Crippen LogP contribution is 2.34. The van der Waals surface area contributed by atoms with Crippen LogP contribution >= 0.6 is 27.3 Å². The number of ketones is 1. The summed E-state index contributed by atoms with van der Waals surface area (Å²) in [5.74, 6) is -2.89. The summed E-state index contributed by atoms with van der Waals surface area (Å²) in [6.45, 7) is 1.73. The van der Waals surface area contributed by atoms with E-state index in [0.717, 1.165) is 3.79 Å². The molecule has 0 bridgehead atoms. The first kappa shape index (κ1) is 13.0. The van der Waals surface area contributed by atoms with Gasteiger partial charge in [0, 0.05) is 0 Å². The van der Waals surface area contributed by atoms with Crippen molar-refractivity contribution in [3.8, 4) is 0 Å². The molecule has 1 aliphatic heterocycles. The molecule has 0 radical (unpaired) electrons. The molecule has 1 aliphatic rings. The molecule has 0 aliphatic carbocycles. The number of carbonyl (C=O) groups excluding carboxylic acids is 3. The van der Waals surface area contributed by atoms with E-state index < -0.39 is 17.7 Å². The van der Waals surface area contributed by atoms with Gasteiger partial charge in [0.25, 0.3) is 5.78 Å². The van der Waals surface area contributed by atoms with Crippen LogP contribution in [0.1, 0.15) is 11.8 Å². The minimum absolute atomic E-state index is 0.0286. The van der Waals surface area contributed by atoms with E-state index in [-0.39, 0.29) is 17.9 Å². The van der Waals surface area contributed by atoms with Gasteiger partial charge in [-0.15, -0.1) is 11.3 Å². The lowest BCUT2D eigenvalue weighted by molar-refractivity contribution is -0.147. The third-order valence-electron chi connectivity index (χ3n) is 2.11. The van der Waals surface area contributed by atoms with Gasteiger partial charge in [0.2, 0.25) is 0 Å². The van der Waals surface area contributed by atoms with E-state index in [2.05, 4.69) is 15.9 Å². The van der Waals surface area contributed by atoms with Gasteiger partial charge >= 0.3 is 11.9 Å². The van der Waals surface area contributed by atoms with Crippen LogP contribution in [-0.4, -0.2) is 24.3 Å². The minimum Gasteiger partial charge on any atom is -0.462 e. The first-order valence-electron chi connectivity index (χ1n) is 4.98. The van der Waals surface area contributed by atoms with Crippen molar-refractivity contribution in [3.05, 3.63) is 26.4 Å². The molecule has 1 aromatic rings. The topological polar surface area (TPSA) is 69.7 Å². The van der Waals surface area contributed by atoms with E-state index in [4.69, 9.17) is 9.47 Å². The van der Waals surface area contributed by atoms with Crippen LogP contribution in [0.15, 0.2) is 21.5 Å². The maximum absolute atomic E-state index is 11.7. The molecule has 0 aromatic carbocycles. The van der Waals surface area contributed by atoms with Crippen LogP contribution < -0.4 is 0 Å². The number of Topliss-reactive ketones (excluding diaryl/α,β-unsaturated/α-hetero) is 1. The fourth-order valence-electron chi connectivity index (χ4n) is 1.39. The lowest BCUT2D eigenvalue weighted by atomic mass is 10.1. The Kier molecular flexibility index (Phi) is 3.63. The lowest BCUT2D eigenvalue weighted by Crippen LogP contribution is -2.17. The smallest absolute Gasteiger partial charge is 0.385 e. The zero-order valence-corrected chi connectivity index (χ0v) is 11.6. The van der Waals surface area contributed by atoms with Crippen LogP contribution in [0.25, 0.3) is 5.76 Å². The van der Waals surface area contributed by atoms with E-state index >= 15 is 0 Å². The number of carbonyl (C=O) groups is 3. The van der Waals surface area contributed by atoms with E-state index in [1.807, 2.05) is 0 Å². The third kappa shape index (κ3) is 2.23. The average Bonchev–Trinajstić information content (AvgIpc) is 2.85. The van der Waals surface area contributed by atoms with Crippen LogP contribution in [0, 0.1) is 0 Å². The number of thiophene rings is 1. The van der Waals surface area contributed by atoms with Gasteiger partial charge < -0.3 is 9.47 Å². The maximum Gasteiger partial charge on any atom is 0.385 e. The van der Waals surface area contributed by atoms with Gasteiger partial charge in [-0.2, -0.15) is 0 Å². The number of hydrogen-bond donors (Lipinski definition) is 0. The molecule has 1 aromatic heterocycles. The van der Waals surface area contributed by atoms with Gasteiger partial charge in [-0.25, -0.2) is 9.59 Å². The quantitative estimate of drug-likeness (QED) is 0.481. The molecule has 18 heavy (non-hydrogen) atoms. The first-order valence-corrected chi connectivity index (χ1v) is 6.59. The molecule has 0 saturated heterocycles. The standard InChI is InChI=1S/C11H7BrO5S/c1-2-16-10(14)7-8(13)11(15)17-9(7)5-3-4-6(12)18-5/h3-4H,2H2,1H3. The zero-order chi connectivity index (χ0) is 13.3. The Morgan fingerprint density at radius 3 is 2.72 bits per heavy atom. The molecule has 0 spiro atoms. The molecule has 0 atom stereocenters. The fraction of sp³-hybridized carbons (Fsp3) is 0.182. The van der Waals surface area contributed by atoms with Gasteiger partial charge in [-0.3, -0.25) is 4.79 Å². The predicted octanol–water partition coefficient (Wildman–Crippen LogP) is 1.91. The fourth-order valence-corrected chi connectivity index (χ4v) is 2.77. The lowest BCUT2D eigenvalue weighted by Gasteiger charge is -2.01. The van der Waals surface area contributed by atoms with Crippen molar-refractivity contribution in [3.63, 3.8) is 0 Å². The minimum atomic E-state index is -1.06. The normalized spacial score (nSPS) is 15.0. The van der Waals surface area contributed by atoms with Crippen molar-refractivity contribution in [2.24, 2.45) is 0 Å². The molecular weight excluding hydrogens is 324 g/mol. The van der Waals surface area contributed by atoms with Crippen molar-refractivity contribution < 1.29 is 23.9 Å². The van der Waals surface area contributed by atoms with Gasteiger partial charge in [-0.05, 0) is 35.0 Å². The Hall–Kier alpha value is -1.47. The summed E-state index contributed by atoms with van der Waals surface area (Å²) < 4.78 is 10.4. The van der Waals surface area contributed by atoms with Crippen molar-refractivity contribution in [2.45, 2.75) is 6.92 Å². The SMILES string of the molecule is CCOC(=O)C1=C(c2ccc(Br)s2)OC(=O)C1=O. The number of hydrogen-bond acceptors (Lipinski definition) is 6. The van der Waals surface area contributed by atoms with Crippen LogP contribution in [0.2, 0.25) is 0 Å². The number of cyclic esters (lactones) is 1. The summed E-state index contributed by atoms with van der Waals surface area (Å²) in [7, 11) is 0. The molecule has 5 nitrogen and oxygen atoms in total. The van der Waals surface area contributed by atoms with Crippen molar-refractivity contribution in [2.75, 3.05) is 6.61 Å². The van der Waals surface area contributed by atoms with Gasteiger partial charge in [0.15, 0.2) is 11.3 Å². The average molecular weight is 331 g/mol. The van der Waals surface area contributed by atoms with Crippen LogP contribution in [0.4, 0.5) is 0 Å². The molecular formula is C11H7BrO5S. The molecule has 0 N–H and O–H groups in total. The van der Waals surface area contributed by atoms with E-state index in [0.29, 0.717) is 4.88 Å². The van der Waals surface area contributed by atoms with Crippen LogP contribution in [-0.2, 0) is 23.9 Å². The number of esters is 2. The Balaban J connectivity index is 2.48. The van der Waals surface area contributed by atoms with E-state index in [1.165, 1.54) is 11.3 Å². The molecule has 0 unspecified atom stereocenters. The van der Waals surface area contributed by atoms with Crippen molar-refractivity contribution >= 4 is 50.7 Å². The van der Waals surface area contributed by atoms with Crippen LogP contribution in [0.3, 0.4) is 0 Å². The molecule has 0 amide bonds. The van der Waals surface area contributed by atoms with Crippen LogP contribution in [0.5, 0.6) is 0 Å². The Morgan fingerprint density at radius 2 is 2.17 bits per heavy atom. The highest BCUT2D eigenvalue weighted by molar-refractivity contribution is 9.11. The van der Waals surface area contributed by atoms with Gasteiger partial charge in [0.1, 0.15) is 0 Å². The molecule has 0 fully saturated rings. The molecule has 0 saturated carbocycles. The third-order valence-corrected chi connectivity index (χ3v) is 3.73. The number of rotatable bonds is 3. The first-order chi connectivity index (χ1) is 8.54. The van der Waals surface area contributed by atoms with E-state index in [9.17, 15) is 14.4 Å². The Bertz CT molecular complexity index is 572. The molecule has 2 rings (SSSR count). The van der Waals surface area contributed by atoms with Crippen molar-refractivity contribution in [1.82, 2.24) is 0 Å². The number of halogens is 1. The summed E-state index contributed by atoms with van der Waals surface area (Å²) >= 11 is 4.50. The highest BCUT2D eigenvalue weighted by atomic mass is 79.9. The molecule has 94 valence electrons. The van der Waals surface area contributed by atoms with Gasteiger partial charge in [-0.1, -0.05) is 0 Å². The Labute approximate surface area is 115 Å². The number of ether oxygens (including phenoxy) is 2. The zero-order valence-electron chi connectivity index (χ0n) is 9.19. The molecule has 7 heteroatoms. The Morgan fingerprint density at radius 1 is 1.44 bits per heavy atom. The van der Waals surface area contributed by atoms with Crippen molar-refractivity contribution in [1.29, 1.82) is 0 Å². The molecule has 2 heterocycles. The monoisotopic (exact) mass is 330 g/mol. The maximum atomic E-state index is 11.7. The summed E-state index contributed by atoms with van der Waals surface area (Å²) in [5, 5.41) is 0. The van der Waals surface area contributed by atoms with Gasteiger partial charge in [0.05, 0.1) is 15.3 Å². The summed E-state index contributed by atoms with van der Waals surface area (Å²) in [6, 6.07) is 3.38. The largest absolute Gasteiger partial charge is 0.462 e. The summed E-state index contributed by atoms with van der Waals surface area (Å²) in [6.07, 6.45) is 0. The van der Waals surface area contributed by atoms with E-state index in [1.54, 1.807) is 19.1 Å².